The van der Waals surface area contributed by atoms with E-state index in [1.807, 2.05) is 13.8 Å². The number of rotatable bonds is 6. The Morgan fingerprint density at radius 1 is 1.35 bits per heavy atom. The van der Waals surface area contributed by atoms with E-state index in [2.05, 4.69) is 15.5 Å². The summed E-state index contributed by atoms with van der Waals surface area (Å²) in [5.74, 6) is -0.0690. The molecule has 1 heterocycles. The van der Waals surface area contributed by atoms with Crippen molar-refractivity contribution in [3.05, 3.63) is 41.0 Å². The van der Waals surface area contributed by atoms with Crippen molar-refractivity contribution in [2.24, 2.45) is 0 Å². The van der Waals surface area contributed by atoms with E-state index in [9.17, 15) is 9.59 Å². The molecule has 2 rings (SSSR count). The SMILES string of the molecule is Cc1ccc(C(=O)O)cc1NC(=O)CCc1nc(C(C)C)no1. The molecule has 0 aliphatic rings. The number of aromatic nitrogens is 2. The van der Waals surface area contributed by atoms with Crippen LogP contribution in [-0.2, 0) is 11.2 Å². The Morgan fingerprint density at radius 3 is 2.70 bits per heavy atom. The predicted octanol–water partition coefficient (Wildman–Crippen LogP) is 2.77. The summed E-state index contributed by atoms with van der Waals surface area (Å²) in [6.07, 6.45) is 0.514. The summed E-state index contributed by atoms with van der Waals surface area (Å²) in [6, 6.07) is 4.60. The molecule has 0 aliphatic carbocycles. The van der Waals surface area contributed by atoms with Crippen molar-refractivity contribution in [1.82, 2.24) is 10.1 Å². The van der Waals surface area contributed by atoms with Crippen LogP contribution in [0.3, 0.4) is 0 Å². The molecule has 1 aromatic carbocycles. The third-order valence-corrected chi connectivity index (χ3v) is 3.32. The number of carboxylic acids is 1. The van der Waals surface area contributed by atoms with E-state index in [0.29, 0.717) is 23.8 Å². The maximum atomic E-state index is 12.0. The number of nitrogens with one attached hydrogen (secondary N) is 1. The highest BCUT2D eigenvalue weighted by Gasteiger charge is 2.13. The minimum Gasteiger partial charge on any atom is -0.478 e. The smallest absolute Gasteiger partial charge is 0.335 e. The molecule has 1 amide bonds. The summed E-state index contributed by atoms with van der Waals surface area (Å²) in [7, 11) is 0. The molecule has 0 aliphatic heterocycles. The van der Waals surface area contributed by atoms with Gasteiger partial charge in [0.2, 0.25) is 11.8 Å². The van der Waals surface area contributed by atoms with E-state index in [-0.39, 0.29) is 23.8 Å². The van der Waals surface area contributed by atoms with Crippen LogP contribution in [0.4, 0.5) is 5.69 Å². The highest BCUT2D eigenvalue weighted by atomic mass is 16.5. The second-order valence-corrected chi connectivity index (χ2v) is 5.58. The van der Waals surface area contributed by atoms with Crippen molar-refractivity contribution in [2.75, 3.05) is 5.32 Å². The van der Waals surface area contributed by atoms with E-state index >= 15 is 0 Å². The molecule has 0 saturated heterocycles. The third-order valence-electron chi connectivity index (χ3n) is 3.32. The van der Waals surface area contributed by atoms with Crippen LogP contribution in [0, 0.1) is 6.92 Å². The number of aryl methyl sites for hydroxylation is 2. The van der Waals surface area contributed by atoms with Crippen molar-refractivity contribution < 1.29 is 19.2 Å². The average Bonchev–Trinajstić information content (AvgIpc) is 2.96. The number of hydrogen-bond donors (Lipinski definition) is 2. The summed E-state index contributed by atoms with van der Waals surface area (Å²) >= 11 is 0. The lowest BCUT2D eigenvalue weighted by atomic mass is 10.1. The quantitative estimate of drug-likeness (QED) is 0.848. The van der Waals surface area contributed by atoms with Crippen molar-refractivity contribution in [3.63, 3.8) is 0 Å². The first-order chi connectivity index (χ1) is 10.9. The molecule has 7 heteroatoms. The zero-order valence-corrected chi connectivity index (χ0v) is 13.3. The van der Waals surface area contributed by atoms with Gasteiger partial charge < -0.3 is 14.9 Å². The van der Waals surface area contributed by atoms with Crippen LogP contribution in [0.5, 0.6) is 0 Å². The number of carboxylic acid groups (broad SMARTS) is 1. The molecule has 23 heavy (non-hydrogen) atoms. The molecular weight excluding hydrogens is 298 g/mol. The summed E-state index contributed by atoms with van der Waals surface area (Å²) < 4.78 is 5.08. The van der Waals surface area contributed by atoms with Crippen LogP contribution in [-0.4, -0.2) is 27.1 Å². The maximum Gasteiger partial charge on any atom is 0.335 e. The number of hydrogen-bond acceptors (Lipinski definition) is 5. The van der Waals surface area contributed by atoms with Gasteiger partial charge in [0.05, 0.1) is 5.56 Å². The zero-order chi connectivity index (χ0) is 17.0. The molecule has 122 valence electrons. The van der Waals surface area contributed by atoms with Gasteiger partial charge in [-0.15, -0.1) is 0 Å². The average molecular weight is 317 g/mol. The Labute approximate surface area is 133 Å². The zero-order valence-electron chi connectivity index (χ0n) is 13.3. The van der Waals surface area contributed by atoms with Gasteiger partial charge in [0.1, 0.15) is 0 Å². The molecule has 2 aromatic rings. The Kier molecular flexibility index (Phi) is 5.10. The van der Waals surface area contributed by atoms with Gasteiger partial charge in [0.25, 0.3) is 0 Å². The van der Waals surface area contributed by atoms with E-state index in [0.717, 1.165) is 5.56 Å². The lowest BCUT2D eigenvalue weighted by Crippen LogP contribution is -2.14. The van der Waals surface area contributed by atoms with Crippen LogP contribution in [0.1, 0.15) is 53.8 Å². The van der Waals surface area contributed by atoms with Crippen LogP contribution >= 0.6 is 0 Å². The summed E-state index contributed by atoms with van der Waals surface area (Å²) in [4.78, 5) is 27.2. The van der Waals surface area contributed by atoms with E-state index < -0.39 is 5.97 Å². The highest BCUT2D eigenvalue weighted by Crippen LogP contribution is 2.18. The first-order valence-corrected chi connectivity index (χ1v) is 7.33. The Morgan fingerprint density at radius 2 is 2.09 bits per heavy atom. The first-order valence-electron chi connectivity index (χ1n) is 7.33. The minimum atomic E-state index is -1.03. The molecule has 0 radical (unpaired) electrons. The van der Waals surface area contributed by atoms with Gasteiger partial charge in [-0.2, -0.15) is 4.98 Å². The number of amides is 1. The van der Waals surface area contributed by atoms with Crippen molar-refractivity contribution in [3.8, 4) is 0 Å². The minimum absolute atomic E-state index is 0.129. The fourth-order valence-electron chi connectivity index (χ4n) is 1.93. The number of carbonyl (C=O) groups is 2. The molecule has 0 atom stereocenters. The second kappa shape index (κ2) is 7.04. The topological polar surface area (TPSA) is 105 Å². The molecular formula is C16H19N3O4. The molecule has 0 bridgehead atoms. The molecule has 0 spiro atoms. The number of anilines is 1. The molecule has 0 unspecified atom stereocenters. The van der Waals surface area contributed by atoms with Crippen molar-refractivity contribution in [2.45, 2.75) is 39.5 Å². The molecule has 2 N–H and O–H groups in total. The lowest BCUT2D eigenvalue weighted by molar-refractivity contribution is -0.116. The molecule has 0 saturated carbocycles. The number of carbonyl (C=O) groups excluding carboxylic acids is 1. The van der Waals surface area contributed by atoms with Crippen LogP contribution < -0.4 is 5.32 Å². The Bertz CT molecular complexity index is 722. The van der Waals surface area contributed by atoms with Crippen molar-refractivity contribution >= 4 is 17.6 Å². The van der Waals surface area contributed by atoms with Gasteiger partial charge in [0.15, 0.2) is 5.82 Å². The van der Waals surface area contributed by atoms with Gasteiger partial charge >= 0.3 is 5.97 Å². The summed E-state index contributed by atoms with van der Waals surface area (Å²) in [6.45, 7) is 5.72. The van der Waals surface area contributed by atoms with Crippen LogP contribution in [0.25, 0.3) is 0 Å². The highest BCUT2D eigenvalue weighted by molar-refractivity contribution is 5.94. The monoisotopic (exact) mass is 317 g/mol. The van der Waals surface area contributed by atoms with Gasteiger partial charge in [-0.05, 0) is 24.6 Å². The fourth-order valence-corrected chi connectivity index (χ4v) is 1.93. The number of benzene rings is 1. The molecule has 1 aromatic heterocycles. The molecule has 7 nitrogen and oxygen atoms in total. The Hall–Kier alpha value is -2.70. The van der Waals surface area contributed by atoms with E-state index in [1.165, 1.54) is 12.1 Å². The van der Waals surface area contributed by atoms with Crippen molar-refractivity contribution in [1.29, 1.82) is 0 Å². The molecule has 0 fully saturated rings. The normalized spacial score (nSPS) is 10.8. The number of aromatic carboxylic acids is 1. The lowest BCUT2D eigenvalue weighted by Gasteiger charge is -2.08. The second-order valence-electron chi connectivity index (χ2n) is 5.58. The van der Waals surface area contributed by atoms with E-state index in [1.54, 1.807) is 13.0 Å². The largest absolute Gasteiger partial charge is 0.478 e. The van der Waals surface area contributed by atoms with Gasteiger partial charge in [-0.1, -0.05) is 25.1 Å². The van der Waals surface area contributed by atoms with Crippen LogP contribution in [0.15, 0.2) is 22.7 Å². The third kappa shape index (κ3) is 4.38. The Balaban J connectivity index is 1.96. The number of nitrogens with zero attached hydrogens (tertiary/aromatic N) is 2. The van der Waals surface area contributed by atoms with Crippen LogP contribution in [0.2, 0.25) is 0 Å². The van der Waals surface area contributed by atoms with Gasteiger partial charge in [-0.25, -0.2) is 4.79 Å². The predicted molar refractivity (Wildman–Crippen MR) is 83.5 cm³/mol. The van der Waals surface area contributed by atoms with E-state index in [4.69, 9.17) is 9.63 Å². The summed E-state index contributed by atoms with van der Waals surface area (Å²) in [5, 5.41) is 15.5. The summed E-state index contributed by atoms with van der Waals surface area (Å²) in [5.41, 5.74) is 1.41. The standard InChI is InChI=1S/C16H19N3O4/c1-9(2)15-18-14(23-19-15)7-6-13(20)17-12-8-11(16(21)22)5-4-10(12)3/h4-5,8-9H,6-7H2,1-3H3,(H,17,20)(H,21,22). The fraction of sp³-hybridized carbons (Fsp3) is 0.375. The van der Waals surface area contributed by atoms with Gasteiger partial charge in [0, 0.05) is 24.4 Å². The maximum absolute atomic E-state index is 12.0. The van der Waals surface area contributed by atoms with Gasteiger partial charge in [-0.3, -0.25) is 4.79 Å². The first kappa shape index (κ1) is 16.7.